The second-order valence-corrected chi connectivity index (χ2v) is 10.1. The van der Waals surface area contributed by atoms with Crippen LogP contribution in [0, 0.1) is 6.92 Å². The summed E-state index contributed by atoms with van der Waals surface area (Å²) < 4.78 is 12.0. The van der Waals surface area contributed by atoms with Gasteiger partial charge < -0.3 is 20.1 Å². The van der Waals surface area contributed by atoms with Gasteiger partial charge in [0, 0.05) is 43.7 Å². The third-order valence-electron chi connectivity index (χ3n) is 4.74. The van der Waals surface area contributed by atoms with Gasteiger partial charge in [0.2, 0.25) is 0 Å². The molecule has 1 saturated heterocycles. The van der Waals surface area contributed by atoms with E-state index in [-0.39, 0.29) is 34.3 Å². The third-order valence-corrected chi connectivity index (χ3v) is 6.19. The predicted octanol–water partition coefficient (Wildman–Crippen LogP) is 4.76. The van der Waals surface area contributed by atoms with E-state index in [0.29, 0.717) is 6.54 Å². The molecular weight excluding hydrogens is 497 g/mol. The Morgan fingerprint density at radius 1 is 1.24 bits per heavy atom. The number of ether oxygens (including phenoxy) is 2. The zero-order valence-corrected chi connectivity index (χ0v) is 21.9. The van der Waals surface area contributed by atoms with Crippen molar-refractivity contribution in [1.82, 2.24) is 10.6 Å². The lowest BCUT2D eigenvalue weighted by Crippen LogP contribution is -2.48. The average Bonchev–Trinajstić information content (AvgIpc) is 2.63. The van der Waals surface area contributed by atoms with Crippen LogP contribution in [0.4, 0.5) is 0 Å². The molecule has 1 aliphatic rings. The molecule has 0 amide bonds. The topological polar surface area (TPSA) is 54.9 Å². The second kappa shape index (κ2) is 12.2. The predicted molar refractivity (Wildman–Crippen MR) is 136 cm³/mol. The number of nitrogens with zero attached hydrogens (tertiary/aromatic N) is 1. The summed E-state index contributed by atoms with van der Waals surface area (Å²) in [4.78, 5) is 4.41. The van der Waals surface area contributed by atoms with Crippen LogP contribution in [-0.2, 0) is 11.3 Å². The minimum atomic E-state index is -0.227. The van der Waals surface area contributed by atoms with Crippen LogP contribution in [0.2, 0.25) is 0 Å². The summed E-state index contributed by atoms with van der Waals surface area (Å²) in [5, 5.41) is 6.98. The fraction of sp³-hybridized carbons (Fsp3) is 0.682. The molecule has 1 aromatic rings. The molecule has 0 spiro atoms. The molecule has 0 aromatic heterocycles. The SMILES string of the molecule is CCSC1(CNC(=NC)NCc2ccc(C)cc2OC(C)(C)C)CCOCC1.I. The van der Waals surface area contributed by atoms with Gasteiger partial charge in [0.25, 0.3) is 0 Å². The molecule has 1 aromatic carbocycles. The van der Waals surface area contributed by atoms with Crippen LogP contribution < -0.4 is 15.4 Å². The van der Waals surface area contributed by atoms with Gasteiger partial charge in [-0.15, -0.1) is 24.0 Å². The van der Waals surface area contributed by atoms with Crippen LogP contribution in [0.15, 0.2) is 23.2 Å². The van der Waals surface area contributed by atoms with Crippen molar-refractivity contribution in [2.24, 2.45) is 4.99 Å². The standard InChI is InChI=1S/C22H37N3O2S.HI/c1-7-28-22(10-12-26-13-11-22)16-25-20(23-6)24-15-18-9-8-17(2)14-19(18)27-21(3,4)5;/h8-9,14H,7,10-13,15-16H2,1-6H3,(H2,23,24,25);1H. The summed E-state index contributed by atoms with van der Waals surface area (Å²) in [7, 11) is 1.82. The maximum absolute atomic E-state index is 6.17. The van der Waals surface area contributed by atoms with Gasteiger partial charge >= 0.3 is 0 Å². The van der Waals surface area contributed by atoms with Crippen LogP contribution in [-0.4, -0.2) is 48.9 Å². The van der Waals surface area contributed by atoms with Crippen molar-refractivity contribution < 1.29 is 9.47 Å². The van der Waals surface area contributed by atoms with E-state index >= 15 is 0 Å². The summed E-state index contributed by atoms with van der Waals surface area (Å²) in [6.07, 6.45) is 2.16. The highest BCUT2D eigenvalue weighted by Gasteiger charge is 2.32. The normalized spacial score (nSPS) is 16.7. The maximum Gasteiger partial charge on any atom is 0.191 e. The first-order chi connectivity index (χ1) is 13.3. The van der Waals surface area contributed by atoms with Gasteiger partial charge in [0.1, 0.15) is 11.4 Å². The van der Waals surface area contributed by atoms with E-state index in [1.165, 1.54) is 5.56 Å². The van der Waals surface area contributed by atoms with Crippen LogP contribution in [0.3, 0.4) is 0 Å². The quantitative estimate of drug-likeness (QED) is 0.300. The van der Waals surface area contributed by atoms with Gasteiger partial charge in [-0.1, -0.05) is 19.1 Å². The van der Waals surface area contributed by atoms with Crippen LogP contribution >= 0.6 is 35.7 Å². The zero-order valence-electron chi connectivity index (χ0n) is 18.8. The lowest BCUT2D eigenvalue weighted by atomic mass is 9.99. The molecule has 1 fully saturated rings. The van der Waals surface area contributed by atoms with Gasteiger partial charge in [-0.3, -0.25) is 4.99 Å². The van der Waals surface area contributed by atoms with Gasteiger partial charge in [-0.05, 0) is 57.9 Å². The Morgan fingerprint density at radius 3 is 2.52 bits per heavy atom. The number of rotatable bonds is 7. The van der Waals surface area contributed by atoms with Crippen LogP contribution in [0.5, 0.6) is 5.75 Å². The molecule has 0 radical (unpaired) electrons. The molecule has 0 aliphatic carbocycles. The molecule has 0 unspecified atom stereocenters. The average molecular weight is 536 g/mol. The maximum atomic E-state index is 6.17. The minimum absolute atomic E-state index is 0. The van der Waals surface area contributed by atoms with Crippen LogP contribution in [0.25, 0.3) is 0 Å². The van der Waals surface area contributed by atoms with Gasteiger partial charge in [-0.25, -0.2) is 0 Å². The van der Waals surface area contributed by atoms with Crippen molar-refractivity contribution in [1.29, 1.82) is 0 Å². The number of aliphatic imine (C=N–C) groups is 1. The number of nitrogens with one attached hydrogen (secondary N) is 2. The second-order valence-electron chi connectivity index (χ2n) is 8.33. The van der Waals surface area contributed by atoms with E-state index in [9.17, 15) is 0 Å². The number of hydrogen-bond acceptors (Lipinski definition) is 4. The van der Waals surface area contributed by atoms with Crippen molar-refractivity contribution in [3.05, 3.63) is 29.3 Å². The molecule has 166 valence electrons. The molecule has 0 atom stereocenters. The van der Waals surface area contributed by atoms with Crippen molar-refractivity contribution in [3.63, 3.8) is 0 Å². The number of aryl methyl sites for hydroxylation is 1. The first-order valence-corrected chi connectivity index (χ1v) is 11.2. The van der Waals surface area contributed by atoms with E-state index in [0.717, 1.165) is 55.6 Å². The third kappa shape index (κ3) is 8.92. The monoisotopic (exact) mass is 535 g/mol. The first-order valence-electron chi connectivity index (χ1n) is 10.2. The molecule has 0 saturated carbocycles. The summed E-state index contributed by atoms with van der Waals surface area (Å²) >= 11 is 2.03. The molecular formula is C22H38IN3O2S. The number of benzene rings is 1. The van der Waals surface area contributed by atoms with Crippen LogP contribution in [0.1, 0.15) is 51.7 Å². The van der Waals surface area contributed by atoms with Gasteiger partial charge in [0.15, 0.2) is 5.96 Å². The Hall–Kier alpha value is -0.670. The molecule has 2 N–H and O–H groups in total. The van der Waals surface area contributed by atoms with Crippen molar-refractivity contribution in [3.8, 4) is 5.75 Å². The smallest absolute Gasteiger partial charge is 0.191 e. The Morgan fingerprint density at radius 2 is 1.93 bits per heavy atom. The minimum Gasteiger partial charge on any atom is -0.488 e. The first kappa shape index (κ1) is 26.4. The number of hydrogen-bond donors (Lipinski definition) is 2. The molecule has 29 heavy (non-hydrogen) atoms. The van der Waals surface area contributed by atoms with Gasteiger partial charge in [0.05, 0.1) is 0 Å². The molecule has 0 bridgehead atoms. The number of halogens is 1. The Balaban J connectivity index is 0.00000420. The summed E-state index contributed by atoms with van der Waals surface area (Å²) in [6, 6.07) is 6.36. The van der Waals surface area contributed by atoms with E-state index in [1.54, 1.807) is 0 Å². The van der Waals surface area contributed by atoms with E-state index in [4.69, 9.17) is 9.47 Å². The Bertz CT molecular complexity index is 650. The van der Waals surface area contributed by atoms with Crippen molar-refractivity contribution in [2.75, 3.05) is 32.6 Å². The molecule has 7 heteroatoms. The highest BCUT2D eigenvalue weighted by Crippen LogP contribution is 2.34. The number of guanidine groups is 1. The number of thioether (sulfide) groups is 1. The fourth-order valence-corrected chi connectivity index (χ4v) is 4.54. The lowest BCUT2D eigenvalue weighted by Gasteiger charge is -2.37. The lowest BCUT2D eigenvalue weighted by molar-refractivity contribution is 0.0782. The van der Waals surface area contributed by atoms with E-state index < -0.39 is 0 Å². The Labute approximate surface area is 198 Å². The molecule has 5 nitrogen and oxygen atoms in total. The van der Waals surface area contributed by atoms with Gasteiger partial charge in [-0.2, -0.15) is 11.8 Å². The fourth-order valence-electron chi connectivity index (χ4n) is 3.30. The molecule has 2 rings (SSSR count). The highest BCUT2D eigenvalue weighted by atomic mass is 127. The van der Waals surface area contributed by atoms with Crippen molar-refractivity contribution in [2.45, 2.75) is 64.4 Å². The van der Waals surface area contributed by atoms with Crippen molar-refractivity contribution >= 4 is 41.7 Å². The Kier molecular flexibility index (Phi) is 11.1. The highest BCUT2D eigenvalue weighted by molar-refractivity contribution is 14.0. The summed E-state index contributed by atoms with van der Waals surface area (Å²) in [5.41, 5.74) is 2.10. The molecule has 1 heterocycles. The summed E-state index contributed by atoms with van der Waals surface area (Å²) in [5.74, 6) is 2.87. The van der Waals surface area contributed by atoms with E-state index in [2.05, 4.69) is 68.4 Å². The van der Waals surface area contributed by atoms with E-state index in [1.807, 2.05) is 18.8 Å². The molecule has 1 aliphatic heterocycles. The zero-order chi connectivity index (χ0) is 20.6. The largest absolute Gasteiger partial charge is 0.488 e. The summed E-state index contributed by atoms with van der Waals surface area (Å²) in [6.45, 7) is 13.8.